The smallest absolute Gasteiger partial charge is 0.251 e. The van der Waals surface area contributed by atoms with Gasteiger partial charge in [-0.2, -0.15) is 0 Å². The van der Waals surface area contributed by atoms with E-state index in [-0.39, 0.29) is 21.4 Å². The molecule has 2 N–H and O–H groups in total. The molecule has 1 amide bonds. The summed E-state index contributed by atoms with van der Waals surface area (Å²) in [6.07, 6.45) is 0.649. The number of rotatable bonds is 4. The lowest BCUT2D eigenvalue weighted by Gasteiger charge is -2.19. The number of hydrogen-bond donors (Lipinski definition) is 2. The van der Waals surface area contributed by atoms with Crippen LogP contribution in [-0.4, -0.2) is 20.9 Å². The van der Waals surface area contributed by atoms with Gasteiger partial charge < -0.3 is 5.32 Å². The number of carbonyl (C=O) groups is 1. The molecule has 1 aliphatic rings. The fraction of sp³-hybridized carbons (Fsp3) is 0.235. The van der Waals surface area contributed by atoms with E-state index in [2.05, 4.69) is 10.0 Å². The highest BCUT2D eigenvalue weighted by atomic mass is 35.5. The first kappa shape index (κ1) is 17.8. The first-order valence-electron chi connectivity index (χ1n) is 7.67. The topological polar surface area (TPSA) is 75.3 Å². The summed E-state index contributed by atoms with van der Waals surface area (Å²) >= 11 is 5.99. The van der Waals surface area contributed by atoms with E-state index < -0.39 is 21.9 Å². The summed E-state index contributed by atoms with van der Waals surface area (Å²) < 4.78 is 41.6. The molecule has 0 spiro atoms. The molecule has 0 saturated carbocycles. The SMILES string of the molecule is C[C@@H](NS(=O)(=O)c1ccc2c(c1)C(=O)NCC2)c1c(F)cccc1Cl. The quantitative estimate of drug-likeness (QED) is 0.853. The van der Waals surface area contributed by atoms with E-state index in [1.165, 1.54) is 37.3 Å². The lowest BCUT2D eigenvalue weighted by atomic mass is 10.0. The Morgan fingerprint density at radius 2 is 2.04 bits per heavy atom. The third kappa shape index (κ3) is 3.53. The number of sulfonamides is 1. The molecular formula is C17H16ClFN2O3S. The minimum absolute atomic E-state index is 0.0531. The van der Waals surface area contributed by atoms with Gasteiger partial charge in [-0.3, -0.25) is 4.79 Å². The summed E-state index contributed by atoms with van der Waals surface area (Å²) in [5.74, 6) is -0.893. The van der Waals surface area contributed by atoms with E-state index >= 15 is 0 Å². The maximum Gasteiger partial charge on any atom is 0.251 e. The molecular weight excluding hydrogens is 367 g/mol. The Bertz CT molecular complexity index is 927. The Labute approximate surface area is 150 Å². The molecule has 0 radical (unpaired) electrons. The van der Waals surface area contributed by atoms with Gasteiger partial charge in [0.05, 0.1) is 4.90 Å². The lowest BCUT2D eigenvalue weighted by molar-refractivity contribution is 0.0945. The van der Waals surface area contributed by atoms with Crippen molar-refractivity contribution in [3.8, 4) is 0 Å². The van der Waals surface area contributed by atoms with Crippen molar-refractivity contribution in [1.29, 1.82) is 0 Å². The molecule has 8 heteroatoms. The third-order valence-electron chi connectivity index (χ3n) is 4.08. The minimum Gasteiger partial charge on any atom is -0.352 e. The Kier molecular flexibility index (Phi) is 4.81. The highest BCUT2D eigenvalue weighted by Crippen LogP contribution is 2.27. The molecule has 0 aliphatic carbocycles. The summed E-state index contributed by atoms with van der Waals surface area (Å²) in [5, 5.41) is 2.82. The summed E-state index contributed by atoms with van der Waals surface area (Å²) in [5.41, 5.74) is 1.21. The summed E-state index contributed by atoms with van der Waals surface area (Å²) in [6, 6.07) is 7.69. The number of benzene rings is 2. The van der Waals surface area contributed by atoms with Gasteiger partial charge in [-0.25, -0.2) is 17.5 Å². The second kappa shape index (κ2) is 6.74. The van der Waals surface area contributed by atoms with Crippen LogP contribution < -0.4 is 10.0 Å². The zero-order valence-corrected chi connectivity index (χ0v) is 14.9. The molecule has 25 heavy (non-hydrogen) atoms. The van der Waals surface area contributed by atoms with E-state index in [0.29, 0.717) is 18.5 Å². The fourth-order valence-electron chi connectivity index (χ4n) is 2.84. The van der Waals surface area contributed by atoms with Gasteiger partial charge in [0.2, 0.25) is 10.0 Å². The highest BCUT2D eigenvalue weighted by molar-refractivity contribution is 7.89. The van der Waals surface area contributed by atoms with E-state index in [9.17, 15) is 17.6 Å². The number of hydrogen-bond acceptors (Lipinski definition) is 3. The van der Waals surface area contributed by atoms with Gasteiger partial charge in [0.25, 0.3) is 5.91 Å². The fourth-order valence-corrected chi connectivity index (χ4v) is 4.41. The molecule has 0 saturated heterocycles. The van der Waals surface area contributed by atoms with Crippen molar-refractivity contribution in [3.05, 3.63) is 63.9 Å². The number of nitrogens with one attached hydrogen (secondary N) is 2. The summed E-state index contributed by atoms with van der Waals surface area (Å²) in [4.78, 5) is 11.9. The van der Waals surface area contributed by atoms with Crippen LogP contribution in [0.25, 0.3) is 0 Å². The van der Waals surface area contributed by atoms with Gasteiger partial charge in [0.1, 0.15) is 5.82 Å². The first-order chi connectivity index (χ1) is 11.8. The van der Waals surface area contributed by atoms with E-state index in [1.54, 1.807) is 6.07 Å². The molecule has 0 bridgehead atoms. The number of amides is 1. The number of carbonyl (C=O) groups excluding carboxylic acids is 1. The molecule has 132 valence electrons. The first-order valence-corrected chi connectivity index (χ1v) is 9.53. The molecule has 0 fully saturated rings. The van der Waals surface area contributed by atoms with Crippen molar-refractivity contribution in [2.45, 2.75) is 24.3 Å². The Morgan fingerprint density at radius 1 is 1.28 bits per heavy atom. The van der Waals surface area contributed by atoms with Gasteiger partial charge in [0, 0.05) is 28.7 Å². The van der Waals surface area contributed by atoms with Crippen LogP contribution in [0, 0.1) is 5.82 Å². The van der Waals surface area contributed by atoms with Crippen molar-refractivity contribution in [3.63, 3.8) is 0 Å². The Hall–Kier alpha value is -1.96. The molecule has 2 aromatic rings. The molecule has 0 aromatic heterocycles. The van der Waals surface area contributed by atoms with Gasteiger partial charge in [-0.15, -0.1) is 0 Å². The van der Waals surface area contributed by atoms with Crippen LogP contribution in [0.3, 0.4) is 0 Å². The lowest BCUT2D eigenvalue weighted by Crippen LogP contribution is -2.33. The van der Waals surface area contributed by atoms with Crippen molar-refractivity contribution in [2.24, 2.45) is 0 Å². The average molecular weight is 383 g/mol. The molecule has 5 nitrogen and oxygen atoms in total. The highest BCUT2D eigenvalue weighted by Gasteiger charge is 2.25. The van der Waals surface area contributed by atoms with Crippen molar-refractivity contribution < 1.29 is 17.6 Å². The second-order valence-electron chi connectivity index (χ2n) is 5.80. The predicted octanol–water partition coefficient (Wildman–Crippen LogP) is 2.80. The third-order valence-corrected chi connectivity index (χ3v) is 5.95. The van der Waals surface area contributed by atoms with E-state index in [4.69, 9.17) is 11.6 Å². The maximum atomic E-state index is 14.0. The van der Waals surface area contributed by atoms with Crippen LogP contribution >= 0.6 is 11.6 Å². The maximum absolute atomic E-state index is 14.0. The van der Waals surface area contributed by atoms with Crippen LogP contribution in [0.1, 0.15) is 34.5 Å². The molecule has 2 aromatic carbocycles. The van der Waals surface area contributed by atoms with Gasteiger partial charge in [0.15, 0.2) is 0 Å². The molecule has 3 rings (SSSR count). The molecule has 1 aliphatic heterocycles. The summed E-state index contributed by atoms with van der Waals surface area (Å²) in [6.45, 7) is 2.03. The molecule has 0 unspecified atom stereocenters. The largest absolute Gasteiger partial charge is 0.352 e. The van der Waals surface area contributed by atoms with Crippen LogP contribution in [0.2, 0.25) is 5.02 Å². The van der Waals surface area contributed by atoms with Gasteiger partial charge in [-0.1, -0.05) is 23.7 Å². The summed E-state index contributed by atoms with van der Waals surface area (Å²) in [7, 11) is -3.95. The van der Waals surface area contributed by atoms with E-state index in [1.807, 2.05) is 0 Å². The van der Waals surface area contributed by atoms with Gasteiger partial charge in [-0.05, 0) is 43.2 Å². The Morgan fingerprint density at radius 3 is 2.76 bits per heavy atom. The minimum atomic E-state index is -3.95. The second-order valence-corrected chi connectivity index (χ2v) is 7.92. The molecule has 1 atom stereocenters. The van der Waals surface area contributed by atoms with Crippen LogP contribution in [0.4, 0.5) is 4.39 Å². The predicted molar refractivity (Wildman–Crippen MR) is 92.6 cm³/mol. The van der Waals surface area contributed by atoms with Gasteiger partial charge >= 0.3 is 0 Å². The van der Waals surface area contributed by atoms with Crippen LogP contribution in [-0.2, 0) is 16.4 Å². The zero-order valence-electron chi connectivity index (χ0n) is 13.3. The monoisotopic (exact) mass is 382 g/mol. The van der Waals surface area contributed by atoms with E-state index in [0.717, 1.165) is 5.56 Å². The average Bonchev–Trinajstić information content (AvgIpc) is 2.54. The number of fused-ring (bicyclic) bond motifs is 1. The van der Waals surface area contributed by atoms with Crippen molar-refractivity contribution in [1.82, 2.24) is 10.0 Å². The Balaban J connectivity index is 1.92. The molecule has 1 heterocycles. The van der Waals surface area contributed by atoms with Crippen molar-refractivity contribution in [2.75, 3.05) is 6.54 Å². The number of halogens is 2. The van der Waals surface area contributed by atoms with Crippen LogP contribution in [0.5, 0.6) is 0 Å². The van der Waals surface area contributed by atoms with Crippen LogP contribution in [0.15, 0.2) is 41.3 Å². The zero-order chi connectivity index (χ0) is 18.2. The normalized spacial score (nSPS) is 15.4. The standard InChI is InChI=1S/C17H16ClFN2O3S/c1-10(16-14(18)3-2-4-15(16)19)21-25(23,24)12-6-5-11-7-8-20-17(22)13(11)9-12/h2-6,9-10,21H,7-8H2,1H3,(H,20,22)/t10-/m1/s1. The van der Waals surface area contributed by atoms with Crippen molar-refractivity contribution >= 4 is 27.5 Å².